The molecule has 2 N–H and O–H groups in total. The minimum Gasteiger partial charge on any atom is -0.445 e. The number of hydrogen-bond donors (Lipinski definition) is 2. The largest absolute Gasteiger partial charge is 0.445 e. The van der Waals surface area contributed by atoms with E-state index in [1.165, 1.54) is 24.3 Å². The third kappa shape index (κ3) is 7.58. The Kier molecular flexibility index (Phi) is 10.4. The predicted octanol–water partition coefficient (Wildman–Crippen LogP) is 5.13. The van der Waals surface area contributed by atoms with E-state index < -0.39 is 51.4 Å². The van der Waals surface area contributed by atoms with Crippen molar-refractivity contribution in [3.8, 4) is 0 Å². The second-order valence-electron chi connectivity index (χ2n) is 9.32. The maximum Gasteiger partial charge on any atom is 0.330 e. The molecule has 1 heterocycles. The molecular formula is C27H20BrCl2FN4O7S2. The highest BCUT2D eigenvalue weighted by Gasteiger charge is 2.32. The van der Waals surface area contributed by atoms with Crippen molar-refractivity contribution in [3.63, 3.8) is 0 Å². The van der Waals surface area contributed by atoms with Crippen LogP contribution in [0.1, 0.15) is 29.8 Å². The van der Waals surface area contributed by atoms with Crippen LogP contribution in [0.15, 0.2) is 57.9 Å². The van der Waals surface area contributed by atoms with E-state index >= 15 is 0 Å². The Morgan fingerprint density at radius 1 is 1.02 bits per heavy atom. The number of benzene rings is 3. The SMILES string of the molecule is CC(=O)C(OC(=O)[C@H](Cc1ccc(F)c(Br)c1)NC(=O)c1cc(Cl)c(Cl)cc1NS(=O)(=O)c1cccc2nsnc12)C(C)=O. The molecule has 0 fully saturated rings. The first-order valence-electron chi connectivity index (χ1n) is 12.4. The van der Waals surface area contributed by atoms with Crippen molar-refractivity contribution in [1.82, 2.24) is 14.1 Å². The molecule has 0 unspecified atom stereocenters. The van der Waals surface area contributed by atoms with Crippen molar-refractivity contribution in [3.05, 3.63) is 80.0 Å². The zero-order valence-corrected chi connectivity index (χ0v) is 27.3. The lowest BCUT2D eigenvalue weighted by Crippen LogP contribution is -2.46. The molecule has 3 aromatic carbocycles. The van der Waals surface area contributed by atoms with Gasteiger partial charge in [0.1, 0.15) is 27.8 Å². The van der Waals surface area contributed by atoms with Gasteiger partial charge >= 0.3 is 5.97 Å². The predicted molar refractivity (Wildman–Crippen MR) is 165 cm³/mol. The third-order valence-electron chi connectivity index (χ3n) is 6.07. The van der Waals surface area contributed by atoms with Crippen molar-refractivity contribution >= 4 is 101 Å². The number of carbonyl (C=O) groups excluding carboxylic acids is 4. The zero-order valence-electron chi connectivity index (χ0n) is 22.6. The van der Waals surface area contributed by atoms with E-state index in [0.29, 0.717) is 11.1 Å². The highest BCUT2D eigenvalue weighted by Crippen LogP contribution is 2.32. The van der Waals surface area contributed by atoms with Crippen LogP contribution in [-0.4, -0.2) is 52.8 Å². The van der Waals surface area contributed by atoms with Crippen LogP contribution in [0.2, 0.25) is 10.0 Å². The molecule has 0 spiro atoms. The fraction of sp³-hybridized carbons (Fsp3) is 0.185. The smallest absolute Gasteiger partial charge is 0.330 e. The molecule has 44 heavy (non-hydrogen) atoms. The Bertz CT molecular complexity index is 1910. The fourth-order valence-electron chi connectivity index (χ4n) is 4.00. The van der Waals surface area contributed by atoms with Gasteiger partial charge in [-0.15, -0.1) is 0 Å². The number of carbonyl (C=O) groups is 4. The molecule has 1 atom stereocenters. The van der Waals surface area contributed by atoms with Crippen molar-refractivity contribution in [1.29, 1.82) is 0 Å². The van der Waals surface area contributed by atoms with Gasteiger partial charge in [0.05, 0.1) is 37.5 Å². The second-order valence-corrected chi connectivity index (χ2v) is 13.2. The van der Waals surface area contributed by atoms with Gasteiger partial charge in [0.15, 0.2) is 11.6 Å². The van der Waals surface area contributed by atoms with Gasteiger partial charge in [-0.25, -0.2) is 17.6 Å². The summed E-state index contributed by atoms with van der Waals surface area (Å²) in [5.74, 6) is -4.22. The summed E-state index contributed by atoms with van der Waals surface area (Å²) in [6, 6.07) is 8.87. The van der Waals surface area contributed by atoms with Gasteiger partial charge in [0, 0.05) is 6.42 Å². The van der Waals surface area contributed by atoms with Gasteiger partial charge in [-0.05, 0) is 71.7 Å². The van der Waals surface area contributed by atoms with Crippen LogP contribution in [-0.2, 0) is 35.6 Å². The minimum absolute atomic E-state index is 0.0744. The number of aromatic nitrogens is 2. The number of sulfonamides is 1. The van der Waals surface area contributed by atoms with E-state index in [2.05, 4.69) is 34.7 Å². The molecule has 1 aromatic heterocycles. The maximum absolute atomic E-state index is 13.8. The average molecular weight is 746 g/mol. The Hall–Kier alpha value is -3.50. The van der Waals surface area contributed by atoms with Crippen LogP contribution in [0.25, 0.3) is 11.0 Å². The highest BCUT2D eigenvalue weighted by molar-refractivity contribution is 9.10. The molecule has 0 aliphatic rings. The fourth-order valence-corrected chi connectivity index (χ4v) is 6.59. The first-order chi connectivity index (χ1) is 20.7. The summed E-state index contributed by atoms with van der Waals surface area (Å²) in [7, 11) is -4.37. The first kappa shape index (κ1) is 33.4. The van der Waals surface area contributed by atoms with Gasteiger partial charge < -0.3 is 10.1 Å². The Balaban J connectivity index is 1.71. The van der Waals surface area contributed by atoms with E-state index in [1.807, 2.05) is 0 Å². The van der Waals surface area contributed by atoms with Gasteiger partial charge in [-0.3, -0.25) is 19.1 Å². The molecular weight excluding hydrogens is 726 g/mol. The Labute approximate surface area is 272 Å². The van der Waals surface area contributed by atoms with Gasteiger partial charge in [0.2, 0.25) is 6.10 Å². The molecule has 0 radical (unpaired) electrons. The van der Waals surface area contributed by atoms with Crippen LogP contribution >= 0.6 is 50.9 Å². The van der Waals surface area contributed by atoms with Crippen LogP contribution in [0.4, 0.5) is 10.1 Å². The number of nitrogens with one attached hydrogen (secondary N) is 2. The van der Waals surface area contributed by atoms with Crippen LogP contribution in [0.5, 0.6) is 0 Å². The summed E-state index contributed by atoms with van der Waals surface area (Å²) in [5.41, 5.74) is 0.184. The summed E-state index contributed by atoms with van der Waals surface area (Å²) in [6.45, 7) is 2.11. The van der Waals surface area contributed by atoms with Gasteiger partial charge in [0.25, 0.3) is 15.9 Å². The lowest BCUT2D eigenvalue weighted by atomic mass is 10.0. The minimum atomic E-state index is -4.37. The number of ether oxygens (including phenoxy) is 1. The number of fused-ring (bicyclic) bond motifs is 1. The molecule has 1 amide bonds. The Morgan fingerprint density at radius 2 is 1.70 bits per heavy atom. The zero-order chi connectivity index (χ0) is 32.3. The van der Waals surface area contributed by atoms with Crippen molar-refractivity contribution < 1.29 is 36.7 Å². The summed E-state index contributed by atoms with van der Waals surface area (Å²) in [4.78, 5) is 50.5. The normalized spacial score (nSPS) is 12.2. The number of amides is 1. The van der Waals surface area contributed by atoms with Crippen molar-refractivity contribution in [2.45, 2.75) is 37.3 Å². The number of hydrogen-bond acceptors (Lipinski definition) is 10. The summed E-state index contributed by atoms with van der Waals surface area (Å²) in [6.07, 6.45) is -2.00. The van der Waals surface area contributed by atoms with E-state index in [0.717, 1.165) is 43.8 Å². The number of anilines is 1. The molecule has 0 saturated heterocycles. The summed E-state index contributed by atoms with van der Waals surface area (Å²) in [5, 5.41) is 2.23. The number of Topliss-reactive ketones (excluding diaryl/α,β-unsaturated/α-hetero) is 2. The first-order valence-corrected chi connectivity index (χ1v) is 16.1. The third-order valence-corrected chi connectivity index (χ3v) is 9.34. The molecule has 0 aliphatic carbocycles. The monoisotopic (exact) mass is 744 g/mol. The molecule has 0 bridgehead atoms. The Morgan fingerprint density at radius 3 is 2.36 bits per heavy atom. The molecule has 230 valence electrons. The summed E-state index contributed by atoms with van der Waals surface area (Å²) < 4.78 is 56.3. The van der Waals surface area contributed by atoms with Crippen LogP contribution in [0.3, 0.4) is 0 Å². The van der Waals surface area contributed by atoms with E-state index in [-0.39, 0.29) is 42.6 Å². The van der Waals surface area contributed by atoms with Crippen molar-refractivity contribution in [2.75, 3.05) is 4.72 Å². The number of rotatable bonds is 11. The molecule has 17 heteroatoms. The lowest BCUT2D eigenvalue weighted by molar-refractivity contribution is -0.160. The lowest BCUT2D eigenvalue weighted by Gasteiger charge is -2.21. The van der Waals surface area contributed by atoms with Crippen LogP contribution in [0, 0.1) is 5.82 Å². The number of halogens is 4. The van der Waals surface area contributed by atoms with Crippen LogP contribution < -0.4 is 10.0 Å². The second kappa shape index (κ2) is 13.6. The van der Waals surface area contributed by atoms with Gasteiger partial charge in [-0.1, -0.05) is 35.3 Å². The van der Waals surface area contributed by atoms with E-state index in [4.69, 9.17) is 27.9 Å². The molecule has 4 rings (SSSR count). The standard InChI is InChI=1S/C27H20BrCl2FN4O7S2/c1-12(36)25(13(2)37)42-27(39)22(9-14-6-7-19(31)16(28)8-14)32-26(38)15-10-17(29)18(30)11-21(15)35-44(40,41)23-5-3-4-20-24(23)34-43-33-20/h3-8,10-11,22,25,35H,9H2,1-2H3,(H,32,38)/t22-/m0/s1. The number of nitrogens with zero attached hydrogens (tertiary/aromatic N) is 2. The maximum atomic E-state index is 13.8. The topological polar surface area (TPSA) is 161 Å². The number of esters is 1. The van der Waals surface area contributed by atoms with Crippen molar-refractivity contribution in [2.24, 2.45) is 0 Å². The molecule has 0 aliphatic heterocycles. The van der Waals surface area contributed by atoms with E-state index in [1.54, 1.807) is 6.07 Å². The molecule has 4 aromatic rings. The van der Waals surface area contributed by atoms with E-state index in [9.17, 15) is 32.0 Å². The average Bonchev–Trinajstić information content (AvgIpc) is 3.43. The molecule has 11 nitrogen and oxygen atoms in total. The van der Waals surface area contributed by atoms with Gasteiger partial charge in [-0.2, -0.15) is 8.75 Å². The number of ketones is 2. The summed E-state index contributed by atoms with van der Waals surface area (Å²) >= 11 is 16.2. The highest BCUT2D eigenvalue weighted by atomic mass is 79.9. The quantitative estimate of drug-likeness (QED) is 0.157. The molecule has 0 saturated carbocycles.